The number of para-hydroxylation sites is 1. The third-order valence-corrected chi connectivity index (χ3v) is 4.46. The molecule has 0 saturated heterocycles. The molecule has 0 aliphatic carbocycles. The summed E-state index contributed by atoms with van der Waals surface area (Å²) in [6.45, 7) is 4.50. The fraction of sp³-hybridized carbons (Fsp3) is 0.250. The number of fused-ring (bicyclic) bond motifs is 1. The molecule has 3 aromatic rings. The number of hydrogen-bond donors (Lipinski definition) is 1. The van der Waals surface area contributed by atoms with Gasteiger partial charge in [-0.2, -0.15) is 0 Å². The van der Waals surface area contributed by atoms with Gasteiger partial charge in [0.1, 0.15) is 5.69 Å². The number of amides is 1. The van der Waals surface area contributed by atoms with E-state index in [2.05, 4.69) is 12.2 Å². The summed E-state index contributed by atoms with van der Waals surface area (Å²) in [5.74, 6) is -4.87. The van der Waals surface area contributed by atoms with Gasteiger partial charge in [-0.25, -0.2) is 13.2 Å². The van der Waals surface area contributed by atoms with Gasteiger partial charge in [-0.1, -0.05) is 31.5 Å². The van der Waals surface area contributed by atoms with E-state index in [1.165, 1.54) is 0 Å². The number of aromatic nitrogens is 1. The first-order chi connectivity index (χ1) is 12.5. The van der Waals surface area contributed by atoms with Gasteiger partial charge in [-0.3, -0.25) is 4.79 Å². The number of carbonyl (C=O) groups excluding carboxylic acids is 1. The molecule has 0 radical (unpaired) electrons. The van der Waals surface area contributed by atoms with Gasteiger partial charge >= 0.3 is 0 Å². The van der Waals surface area contributed by atoms with Crippen molar-refractivity contribution in [1.29, 1.82) is 0 Å². The fourth-order valence-corrected chi connectivity index (χ4v) is 3.12. The number of aryl methyl sites for hydroxylation is 2. The van der Waals surface area contributed by atoms with E-state index in [1.54, 1.807) is 0 Å². The van der Waals surface area contributed by atoms with Crippen LogP contribution < -0.4 is 5.32 Å². The molecule has 0 unspecified atom stereocenters. The predicted octanol–water partition coefficient (Wildman–Crippen LogP) is 5.42. The minimum absolute atomic E-state index is 0.388. The number of anilines is 1. The van der Waals surface area contributed by atoms with E-state index >= 15 is 0 Å². The van der Waals surface area contributed by atoms with Gasteiger partial charge in [-0.05, 0) is 37.1 Å². The van der Waals surface area contributed by atoms with Crippen molar-refractivity contribution >= 4 is 22.5 Å². The van der Waals surface area contributed by atoms with Crippen LogP contribution in [0.1, 0.15) is 35.8 Å². The van der Waals surface area contributed by atoms with Crippen LogP contribution in [0, 0.1) is 24.4 Å². The maximum atomic E-state index is 13.9. The minimum Gasteiger partial charge on any atom is -0.336 e. The molecule has 1 aromatic heterocycles. The lowest BCUT2D eigenvalue weighted by Gasteiger charge is -2.12. The minimum atomic E-state index is -1.61. The number of nitrogens with one attached hydrogen (secondary N) is 1. The van der Waals surface area contributed by atoms with Gasteiger partial charge in [0.15, 0.2) is 17.5 Å². The Morgan fingerprint density at radius 2 is 1.81 bits per heavy atom. The lowest BCUT2D eigenvalue weighted by Crippen LogP contribution is -2.19. The number of hydrogen-bond acceptors (Lipinski definition) is 1. The third kappa shape index (κ3) is 3.07. The van der Waals surface area contributed by atoms with Crippen molar-refractivity contribution < 1.29 is 18.0 Å². The number of nitrogens with zero attached hydrogens (tertiary/aromatic N) is 1. The van der Waals surface area contributed by atoms with Crippen molar-refractivity contribution in [3.8, 4) is 0 Å². The summed E-state index contributed by atoms with van der Waals surface area (Å²) in [4.78, 5) is 12.8. The van der Waals surface area contributed by atoms with Crippen LogP contribution >= 0.6 is 0 Å². The standard InChI is InChI=1S/C20H19F3N2O/c1-3-4-11-25-16-8-6-5-7-13(16)12(2)19(25)20(26)24-15-10-9-14(21)17(22)18(15)23/h5-10H,3-4,11H2,1-2H3,(H,24,26). The van der Waals surface area contributed by atoms with Crippen LogP contribution in [0.25, 0.3) is 10.9 Å². The van der Waals surface area contributed by atoms with Crippen molar-refractivity contribution in [3.05, 3.63) is 65.1 Å². The Hall–Kier alpha value is -2.76. The van der Waals surface area contributed by atoms with E-state index < -0.39 is 23.4 Å². The predicted molar refractivity (Wildman–Crippen MR) is 95.9 cm³/mol. The summed E-state index contributed by atoms with van der Waals surface area (Å²) in [5, 5.41) is 3.30. The zero-order valence-electron chi connectivity index (χ0n) is 14.6. The molecule has 136 valence electrons. The molecule has 0 aliphatic heterocycles. The van der Waals surface area contributed by atoms with Gasteiger partial charge in [-0.15, -0.1) is 0 Å². The molecule has 0 bridgehead atoms. The molecule has 6 heteroatoms. The topological polar surface area (TPSA) is 34.0 Å². The summed E-state index contributed by atoms with van der Waals surface area (Å²) >= 11 is 0. The number of halogens is 3. The van der Waals surface area contributed by atoms with Gasteiger partial charge in [0.25, 0.3) is 5.91 Å². The number of unbranched alkanes of at least 4 members (excludes halogenated alkanes) is 1. The van der Waals surface area contributed by atoms with Crippen LogP contribution in [0.3, 0.4) is 0 Å². The summed E-state index contributed by atoms with van der Waals surface area (Å²) < 4.78 is 42.3. The molecular weight excluding hydrogens is 341 g/mol. The lowest BCUT2D eigenvalue weighted by atomic mass is 10.1. The molecule has 1 amide bonds. The summed E-state index contributed by atoms with van der Waals surface area (Å²) in [7, 11) is 0. The van der Waals surface area contributed by atoms with E-state index in [0.29, 0.717) is 12.2 Å². The second-order valence-electron chi connectivity index (χ2n) is 6.17. The smallest absolute Gasteiger partial charge is 0.272 e. The highest BCUT2D eigenvalue weighted by Gasteiger charge is 2.22. The fourth-order valence-electron chi connectivity index (χ4n) is 3.12. The molecule has 26 heavy (non-hydrogen) atoms. The highest BCUT2D eigenvalue weighted by molar-refractivity contribution is 6.08. The maximum absolute atomic E-state index is 13.9. The van der Waals surface area contributed by atoms with Gasteiger partial charge in [0, 0.05) is 17.4 Å². The second-order valence-corrected chi connectivity index (χ2v) is 6.17. The monoisotopic (exact) mass is 360 g/mol. The molecule has 0 saturated carbocycles. The number of benzene rings is 2. The number of rotatable bonds is 5. The SMILES string of the molecule is CCCCn1c(C(=O)Nc2ccc(F)c(F)c2F)c(C)c2ccccc21. The summed E-state index contributed by atoms with van der Waals surface area (Å²) in [5.41, 5.74) is 1.68. The maximum Gasteiger partial charge on any atom is 0.272 e. The first-order valence-electron chi connectivity index (χ1n) is 8.48. The molecule has 1 heterocycles. The molecular formula is C20H19F3N2O. The van der Waals surface area contributed by atoms with Crippen LogP contribution in [0.2, 0.25) is 0 Å². The van der Waals surface area contributed by atoms with Crippen LogP contribution in [0.15, 0.2) is 36.4 Å². The zero-order valence-corrected chi connectivity index (χ0v) is 14.6. The molecule has 0 atom stereocenters. The van der Waals surface area contributed by atoms with Crippen molar-refractivity contribution in [2.75, 3.05) is 5.32 Å². The largest absolute Gasteiger partial charge is 0.336 e. The Bertz CT molecular complexity index is 979. The average Bonchev–Trinajstić information content (AvgIpc) is 2.93. The van der Waals surface area contributed by atoms with Crippen LogP contribution in [-0.2, 0) is 6.54 Å². The van der Waals surface area contributed by atoms with Crippen LogP contribution in [0.5, 0.6) is 0 Å². The van der Waals surface area contributed by atoms with Crippen molar-refractivity contribution in [2.24, 2.45) is 0 Å². The van der Waals surface area contributed by atoms with Crippen molar-refractivity contribution in [1.82, 2.24) is 4.57 Å². The molecule has 0 spiro atoms. The van der Waals surface area contributed by atoms with E-state index in [4.69, 9.17) is 0 Å². The Kier molecular flexibility index (Phi) is 5.02. The van der Waals surface area contributed by atoms with E-state index in [9.17, 15) is 18.0 Å². The number of carbonyl (C=O) groups is 1. The molecule has 2 aromatic carbocycles. The molecule has 0 aliphatic rings. The molecule has 3 nitrogen and oxygen atoms in total. The Balaban J connectivity index is 2.05. The Morgan fingerprint density at radius 3 is 2.54 bits per heavy atom. The van der Waals surface area contributed by atoms with E-state index in [0.717, 1.165) is 41.4 Å². The molecule has 1 N–H and O–H groups in total. The second kappa shape index (κ2) is 7.23. The average molecular weight is 360 g/mol. The first-order valence-corrected chi connectivity index (χ1v) is 8.48. The summed E-state index contributed by atoms with van der Waals surface area (Å²) in [6, 6.07) is 9.42. The van der Waals surface area contributed by atoms with Crippen LogP contribution in [0.4, 0.5) is 18.9 Å². The Labute approximate surface area is 149 Å². The van der Waals surface area contributed by atoms with Gasteiger partial charge in [0.2, 0.25) is 0 Å². The Morgan fingerprint density at radius 1 is 1.08 bits per heavy atom. The lowest BCUT2D eigenvalue weighted by molar-refractivity contribution is 0.101. The summed E-state index contributed by atoms with van der Waals surface area (Å²) in [6.07, 6.45) is 1.82. The first kappa shape index (κ1) is 18.0. The quantitative estimate of drug-likeness (QED) is 0.606. The van der Waals surface area contributed by atoms with Gasteiger partial charge in [0.05, 0.1) is 5.69 Å². The third-order valence-electron chi connectivity index (χ3n) is 4.46. The highest BCUT2D eigenvalue weighted by Crippen LogP contribution is 2.28. The van der Waals surface area contributed by atoms with E-state index in [-0.39, 0.29) is 5.69 Å². The van der Waals surface area contributed by atoms with Crippen molar-refractivity contribution in [2.45, 2.75) is 33.2 Å². The zero-order chi connectivity index (χ0) is 18.8. The van der Waals surface area contributed by atoms with Gasteiger partial charge < -0.3 is 9.88 Å². The highest BCUT2D eigenvalue weighted by atomic mass is 19.2. The van der Waals surface area contributed by atoms with Crippen molar-refractivity contribution in [3.63, 3.8) is 0 Å². The molecule has 0 fully saturated rings. The molecule has 3 rings (SSSR count). The van der Waals surface area contributed by atoms with Crippen LogP contribution in [-0.4, -0.2) is 10.5 Å². The normalized spacial score (nSPS) is 11.1. The van der Waals surface area contributed by atoms with E-state index in [1.807, 2.05) is 35.8 Å².